The molecule has 1 aliphatic rings. The van der Waals surface area contributed by atoms with Crippen LogP contribution in [0.1, 0.15) is 45.9 Å². The molecule has 4 rings (SSSR count). The third-order valence-corrected chi connectivity index (χ3v) is 5.07. The Morgan fingerprint density at radius 1 is 1.30 bits per heavy atom. The van der Waals surface area contributed by atoms with Crippen molar-refractivity contribution in [2.45, 2.75) is 25.7 Å². The summed E-state index contributed by atoms with van der Waals surface area (Å²) >= 11 is 6.27. The largest absolute Gasteiger partial charge is 0.322 e. The molecule has 1 fully saturated rings. The van der Waals surface area contributed by atoms with E-state index in [9.17, 15) is 4.79 Å². The molecule has 6 heteroatoms. The minimum absolute atomic E-state index is 0.226. The molecule has 0 saturated heterocycles. The lowest BCUT2D eigenvalue weighted by molar-refractivity contribution is 0.102. The highest BCUT2D eigenvalue weighted by molar-refractivity contribution is 6.31. The van der Waals surface area contributed by atoms with Gasteiger partial charge < -0.3 is 5.32 Å². The summed E-state index contributed by atoms with van der Waals surface area (Å²) in [6.07, 6.45) is 3.68. The maximum absolute atomic E-state index is 12.9. The number of aryl methyl sites for hydroxylation is 1. The van der Waals surface area contributed by atoms with Gasteiger partial charge in [-0.05, 0) is 55.7 Å². The van der Waals surface area contributed by atoms with Gasteiger partial charge in [0.1, 0.15) is 0 Å². The molecule has 3 aromatic rings. The summed E-state index contributed by atoms with van der Waals surface area (Å²) in [7, 11) is 0. The van der Waals surface area contributed by atoms with Gasteiger partial charge in [-0.1, -0.05) is 23.7 Å². The van der Waals surface area contributed by atoms with E-state index >= 15 is 0 Å². The van der Waals surface area contributed by atoms with Crippen LogP contribution >= 0.6 is 11.6 Å². The molecule has 0 unspecified atom stereocenters. The van der Waals surface area contributed by atoms with Crippen molar-refractivity contribution < 1.29 is 4.79 Å². The topological polar surface area (TPSA) is 70.7 Å². The Hall–Kier alpha value is -3.10. The highest BCUT2D eigenvalue weighted by Gasteiger charge is 2.33. The summed E-state index contributed by atoms with van der Waals surface area (Å²) in [5.41, 5.74) is 4.39. The van der Waals surface area contributed by atoms with Crippen LogP contribution in [0, 0.1) is 18.3 Å². The van der Waals surface area contributed by atoms with Gasteiger partial charge in [-0.3, -0.25) is 4.79 Å². The standard InChI is InChI=1S/C21H17ClN4O/c1-13-5-8-17(10-19(13)22)26-20(15-6-7-15)18(12-24-26)21(27)25-16-4-2-3-14(9-16)11-23/h2-5,8-10,12,15H,6-7H2,1H3,(H,25,27). The average Bonchev–Trinajstić information content (AvgIpc) is 3.42. The molecule has 0 aliphatic heterocycles. The molecule has 1 saturated carbocycles. The van der Waals surface area contributed by atoms with Crippen LogP contribution in [0.25, 0.3) is 5.69 Å². The zero-order chi connectivity index (χ0) is 19.0. The van der Waals surface area contributed by atoms with Gasteiger partial charge >= 0.3 is 0 Å². The van der Waals surface area contributed by atoms with E-state index in [1.807, 2.05) is 29.8 Å². The Balaban J connectivity index is 1.69. The van der Waals surface area contributed by atoms with E-state index in [4.69, 9.17) is 16.9 Å². The van der Waals surface area contributed by atoms with Gasteiger partial charge in [-0.25, -0.2) is 4.68 Å². The predicted molar refractivity (Wildman–Crippen MR) is 104 cm³/mol. The number of carbonyl (C=O) groups excluding carboxylic acids is 1. The van der Waals surface area contributed by atoms with Gasteiger partial charge in [0, 0.05) is 16.6 Å². The summed E-state index contributed by atoms with van der Waals surface area (Å²) in [5, 5.41) is 17.0. The average molecular weight is 377 g/mol. The molecule has 0 radical (unpaired) electrons. The first-order valence-electron chi connectivity index (χ1n) is 8.73. The number of carbonyl (C=O) groups is 1. The minimum atomic E-state index is -0.226. The van der Waals surface area contributed by atoms with Crippen LogP contribution in [0.2, 0.25) is 5.02 Å². The van der Waals surface area contributed by atoms with Gasteiger partial charge in [0.05, 0.1) is 34.8 Å². The molecule has 1 aliphatic carbocycles. The molecule has 0 atom stereocenters. The number of nitrogens with one attached hydrogen (secondary N) is 1. The van der Waals surface area contributed by atoms with Gasteiger partial charge in [0.25, 0.3) is 5.91 Å². The molecular formula is C21H17ClN4O. The first-order valence-corrected chi connectivity index (χ1v) is 9.10. The fourth-order valence-corrected chi connectivity index (χ4v) is 3.24. The molecule has 134 valence electrons. The number of nitriles is 1. The second-order valence-electron chi connectivity index (χ2n) is 6.71. The molecule has 2 aromatic carbocycles. The minimum Gasteiger partial charge on any atom is -0.322 e. The second-order valence-corrected chi connectivity index (χ2v) is 7.12. The molecular weight excluding hydrogens is 360 g/mol. The first kappa shape index (κ1) is 17.3. The highest BCUT2D eigenvalue weighted by Crippen LogP contribution is 2.42. The van der Waals surface area contributed by atoms with Gasteiger partial charge in [-0.2, -0.15) is 10.4 Å². The number of benzene rings is 2. The van der Waals surface area contributed by atoms with E-state index in [0.717, 1.165) is 29.8 Å². The van der Waals surface area contributed by atoms with Crippen molar-refractivity contribution in [1.82, 2.24) is 9.78 Å². The Bertz CT molecular complexity index is 1080. The highest BCUT2D eigenvalue weighted by atomic mass is 35.5. The molecule has 5 nitrogen and oxygen atoms in total. The normalized spacial score (nSPS) is 13.2. The van der Waals surface area contributed by atoms with E-state index in [0.29, 0.717) is 27.8 Å². The summed E-state index contributed by atoms with van der Waals surface area (Å²) in [5.74, 6) is 0.0928. The smallest absolute Gasteiger partial charge is 0.259 e. The van der Waals surface area contributed by atoms with Crippen LogP contribution in [-0.4, -0.2) is 15.7 Å². The fourth-order valence-electron chi connectivity index (χ4n) is 3.07. The molecule has 0 bridgehead atoms. The SMILES string of the molecule is Cc1ccc(-n2ncc(C(=O)Nc3cccc(C#N)c3)c2C2CC2)cc1Cl. The number of anilines is 1. The Kier molecular flexibility index (Phi) is 4.43. The third-order valence-electron chi connectivity index (χ3n) is 4.66. The van der Waals surface area contributed by atoms with E-state index in [1.165, 1.54) is 0 Å². The summed E-state index contributed by atoms with van der Waals surface area (Å²) < 4.78 is 1.81. The van der Waals surface area contributed by atoms with Crippen molar-refractivity contribution >= 4 is 23.2 Å². The van der Waals surface area contributed by atoms with Crippen LogP contribution in [0.5, 0.6) is 0 Å². The van der Waals surface area contributed by atoms with Crippen molar-refractivity contribution in [1.29, 1.82) is 5.26 Å². The van der Waals surface area contributed by atoms with Gasteiger partial charge in [-0.15, -0.1) is 0 Å². The van der Waals surface area contributed by atoms with Gasteiger partial charge in [0.2, 0.25) is 0 Å². The van der Waals surface area contributed by atoms with Crippen molar-refractivity contribution in [3.63, 3.8) is 0 Å². The fraction of sp³-hybridized carbons (Fsp3) is 0.190. The summed E-state index contributed by atoms with van der Waals surface area (Å²) in [6, 6.07) is 14.7. The molecule has 1 aromatic heterocycles. The third kappa shape index (κ3) is 3.44. The lowest BCUT2D eigenvalue weighted by atomic mass is 10.1. The second kappa shape index (κ2) is 6.90. The number of hydrogen-bond donors (Lipinski definition) is 1. The van der Waals surface area contributed by atoms with Crippen LogP contribution < -0.4 is 5.32 Å². The Morgan fingerprint density at radius 3 is 2.81 bits per heavy atom. The Morgan fingerprint density at radius 2 is 2.11 bits per heavy atom. The van der Waals surface area contributed by atoms with E-state index in [1.54, 1.807) is 30.5 Å². The first-order chi connectivity index (χ1) is 13.1. The lowest BCUT2D eigenvalue weighted by Crippen LogP contribution is -2.14. The zero-order valence-corrected chi connectivity index (χ0v) is 15.5. The molecule has 0 spiro atoms. The van der Waals surface area contributed by atoms with Gasteiger partial charge in [0.15, 0.2) is 0 Å². The van der Waals surface area contributed by atoms with Crippen LogP contribution in [-0.2, 0) is 0 Å². The monoisotopic (exact) mass is 376 g/mol. The Labute approximate surface area is 162 Å². The van der Waals surface area contributed by atoms with Crippen molar-refractivity contribution in [3.8, 4) is 11.8 Å². The van der Waals surface area contributed by atoms with E-state index in [-0.39, 0.29) is 5.91 Å². The van der Waals surface area contributed by atoms with Crippen LogP contribution in [0.3, 0.4) is 0 Å². The maximum atomic E-state index is 12.9. The van der Waals surface area contributed by atoms with Crippen LogP contribution in [0.4, 0.5) is 5.69 Å². The molecule has 1 amide bonds. The van der Waals surface area contributed by atoms with E-state index in [2.05, 4.69) is 16.5 Å². The molecule has 27 heavy (non-hydrogen) atoms. The summed E-state index contributed by atoms with van der Waals surface area (Å²) in [4.78, 5) is 12.9. The molecule has 1 N–H and O–H groups in total. The number of amides is 1. The predicted octanol–water partition coefficient (Wildman–Crippen LogP) is 4.84. The maximum Gasteiger partial charge on any atom is 0.259 e. The number of hydrogen-bond acceptors (Lipinski definition) is 3. The van der Waals surface area contributed by atoms with Crippen LogP contribution in [0.15, 0.2) is 48.7 Å². The lowest BCUT2D eigenvalue weighted by Gasteiger charge is -2.11. The number of halogens is 1. The van der Waals surface area contributed by atoms with Crippen molar-refractivity contribution in [3.05, 3.63) is 76.1 Å². The van der Waals surface area contributed by atoms with Crippen molar-refractivity contribution in [2.24, 2.45) is 0 Å². The zero-order valence-electron chi connectivity index (χ0n) is 14.7. The molecule has 1 heterocycles. The quantitative estimate of drug-likeness (QED) is 0.708. The van der Waals surface area contributed by atoms with E-state index < -0.39 is 0 Å². The summed E-state index contributed by atoms with van der Waals surface area (Å²) in [6.45, 7) is 1.95. The number of aromatic nitrogens is 2. The number of nitrogens with zero attached hydrogens (tertiary/aromatic N) is 3. The van der Waals surface area contributed by atoms with Crippen molar-refractivity contribution in [2.75, 3.05) is 5.32 Å². The number of rotatable bonds is 4.